The van der Waals surface area contributed by atoms with Crippen molar-refractivity contribution in [1.82, 2.24) is 9.62 Å². The molecule has 0 aliphatic carbocycles. The minimum absolute atomic E-state index is 0.0738. The number of thiophene rings is 1. The van der Waals surface area contributed by atoms with Crippen LogP contribution in [0.4, 0.5) is 0 Å². The predicted octanol–water partition coefficient (Wildman–Crippen LogP) is 3.80. The lowest BCUT2D eigenvalue weighted by Crippen LogP contribution is -2.43. The largest absolute Gasteiger partial charge is 0.461 e. The van der Waals surface area contributed by atoms with Gasteiger partial charge in [-0.2, -0.15) is 0 Å². The number of likely N-dealkylation sites (N-methyl/N-ethyl adjacent to an activating group) is 1. The van der Waals surface area contributed by atoms with Gasteiger partial charge in [-0.3, -0.25) is 4.79 Å². The highest BCUT2D eigenvalue weighted by molar-refractivity contribution is 7.91. The summed E-state index contributed by atoms with van der Waals surface area (Å²) in [4.78, 5) is 14.9. The number of benzene rings is 2. The standard InChI is InChI=1S/C26H28N2O4S2/c1-20-8-7-11-21(16-20)12-13-24-14-15-26(33-24)34(30,31)27-23(18-28(2)3)17-25(29)32-19-22-9-5-4-6-10-22/h4-11,14-16,23,27H,17-19H2,1-3H3/t23-/m1/s1. The highest BCUT2D eigenvalue weighted by atomic mass is 32.2. The van der Waals surface area contributed by atoms with Gasteiger partial charge in [-0.1, -0.05) is 54.3 Å². The summed E-state index contributed by atoms with van der Waals surface area (Å²) in [5.41, 5.74) is 2.86. The zero-order valence-corrected chi connectivity index (χ0v) is 21.1. The lowest BCUT2D eigenvalue weighted by molar-refractivity contribution is -0.145. The van der Waals surface area contributed by atoms with E-state index in [9.17, 15) is 13.2 Å². The second-order valence-corrected chi connectivity index (χ2v) is 11.2. The average molecular weight is 497 g/mol. The molecule has 1 atom stereocenters. The van der Waals surface area contributed by atoms with Crippen LogP contribution >= 0.6 is 11.3 Å². The molecule has 8 heteroatoms. The Balaban J connectivity index is 1.65. The highest BCUT2D eigenvalue weighted by Crippen LogP contribution is 2.21. The lowest BCUT2D eigenvalue weighted by Gasteiger charge is -2.21. The van der Waals surface area contributed by atoms with Gasteiger partial charge < -0.3 is 9.64 Å². The van der Waals surface area contributed by atoms with Gasteiger partial charge in [0.15, 0.2) is 0 Å². The number of rotatable bonds is 9. The fourth-order valence-electron chi connectivity index (χ4n) is 3.25. The molecule has 1 heterocycles. The van der Waals surface area contributed by atoms with Gasteiger partial charge in [0.2, 0.25) is 10.0 Å². The summed E-state index contributed by atoms with van der Waals surface area (Å²) >= 11 is 1.10. The van der Waals surface area contributed by atoms with Gasteiger partial charge >= 0.3 is 5.97 Å². The topological polar surface area (TPSA) is 75.7 Å². The van der Waals surface area contributed by atoms with Gasteiger partial charge in [-0.05, 0) is 56.4 Å². The van der Waals surface area contributed by atoms with Crippen molar-refractivity contribution in [1.29, 1.82) is 0 Å². The minimum Gasteiger partial charge on any atom is -0.461 e. The number of ether oxygens (including phenoxy) is 1. The fraction of sp³-hybridized carbons (Fsp3) is 0.269. The van der Waals surface area contributed by atoms with E-state index < -0.39 is 22.0 Å². The van der Waals surface area contributed by atoms with Crippen LogP contribution in [0.1, 0.15) is 28.0 Å². The van der Waals surface area contributed by atoms with Gasteiger partial charge in [0.1, 0.15) is 10.8 Å². The molecule has 0 aliphatic heterocycles. The van der Waals surface area contributed by atoms with Crippen LogP contribution in [0.3, 0.4) is 0 Å². The molecule has 0 saturated carbocycles. The normalized spacial score (nSPS) is 12.1. The van der Waals surface area contributed by atoms with E-state index in [1.54, 1.807) is 6.07 Å². The van der Waals surface area contributed by atoms with Crippen molar-refractivity contribution in [2.24, 2.45) is 0 Å². The number of sulfonamides is 1. The summed E-state index contributed by atoms with van der Waals surface area (Å²) in [7, 11) is -0.180. The molecule has 178 valence electrons. The third-order valence-electron chi connectivity index (χ3n) is 4.76. The number of nitrogens with one attached hydrogen (secondary N) is 1. The molecule has 0 amide bonds. The molecule has 0 fully saturated rings. The summed E-state index contributed by atoms with van der Waals surface area (Å²) in [5.74, 6) is 5.63. The van der Waals surface area contributed by atoms with E-state index in [1.807, 2.05) is 80.5 Å². The van der Waals surface area contributed by atoms with E-state index in [4.69, 9.17) is 4.74 Å². The molecule has 1 aromatic heterocycles. The second-order valence-electron chi connectivity index (χ2n) is 8.17. The highest BCUT2D eigenvalue weighted by Gasteiger charge is 2.25. The van der Waals surface area contributed by atoms with Crippen molar-refractivity contribution in [3.05, 3.63) is 88.3 Å². The summed E-state index contributed by atoms with van der Waals surface area (Å²) in [6.45, 7) is 2.49. The van der Waals surface area contributed by atoms with Crippen LogP contribution in [0.5, 0.6) is 0 Å². The number of nitrogens with zero attached hydrogens (tertiary/aromatic N) is 1. The first-order valence-corrected chi connectivity index (χ1v) is 13.1. The Morgan fingerprint density at radius 1 is 1.06 bits per heavy atom. The molecule has 0 saturated heterocycles. The zero-order valence-electron chi connectivity index (χ0n) is 19.4. The first-order chi connectivity index (χ1) is 16.2. The van der Waals surface area contributed by atoms with Crippen molar-refractivity contribution in [3.63, 3.8) is 0 Å². The second kappa shape index (κ2) is 12.0. The average Bonchev–Trinajstić information content (AvgIpc) is 3.27. The number of aryl methyl sites for hydroxylation is 1. The molecule has 34 heavy (non-hydrogen) atoms. The number of carbonyl (C=O) groups is 1. The van der Waals surface area contributed by atoms with Crippen LogP contribution in [-0.2, 0) is 26.2 Å². The van der Waals surface area contributed by atoms with Crippen LogP contribution in [-0.4, -0.2) is 46.0 Å². The Bertz CT molecular complexity index is 1270. The molecular formula is C26H28N2O4S2. The Labute approximate surface area is 205 Å². The Morgan fingerprint density at radius 3 is 2.53 bits per heavy atom. The van der Waals surface area contributed by atoms with Gasteiger partial charge in [-0.25, -0.2) is 13.1 Å². The predicted molar refractivity (Wildman–Crippen MR) is 135 cm³/mol. The number of esters is 1. The first-order valence-electron chi connectivity index (χ1n) is 10.8. The maximum absolute atomic E-state index is 13.0. The summed E-state index contributed by atoms with van der Waals surface area (Å²) < 4.78 is 34.1. The Hall–Kier alpha value is -2.96. The third-order valence-corrected chi connectivity index (χ3v) is 7.77. The molecule has 1 N–H and O–H groups in total. The van der Waals surface area contributed by atoms with E-state index >= 15 is 0 Å². The van der Waals surface area contributed by atoms with Crippen LogP contribution in [0.15, 0.2) is 70.9 Å². The first kappa shape index (κ1) is 25.7. The molecular weight excluding hydrogens is 468 g/mol. The number of carbonyl (C=O) groups excluding carboxylic acids is 1. The molecule has 6 nitrogen and oxygen atoms in total. The van der Waals surface area contributed by atoms with E-state index in [0.717, 1.165) is 28.0 Å². The van der Waals surface area contributed by atoms with E-state index in [0.29, 0.717) is 11.4 Å². The fourth-order valence-corrected chi connectivity index (χ4v) is 5.65. The third kappa shape index (κ3) is 8.12. The van der Waals surface area contributed by atoms with Gasteiger partial charge in [0.05, 0.1) is 11.3 Å². The monoisotopic (exact) mass is 496 g/mol. The molecule has 2 aromatic carbocycles. The van der Waals surface area contributed by atoms with E-state index in [2.05, 4.69) is 16.6 Å². The van der Waals surface area contributed by atoms with E-state index in [1.165, 1.54) is 6.07 Å². The maximum atomic E-state index is 13.0. The lowest BCUT2D eigenvalue weighted by atomic mass is 10.1. The smallest absolute Gasteiger partial charge is 0.307 e. The summed E-state index contributed by atoms with van der Waals surface area (Å²) in [5, 5.41) is 0. The van der Waals surface area contributed by atoms with Gasteiger partial charge in [-0.15, -0.1) is 11.3 Å². The maximum Gasteiger partial charge on any atom is 0.307 e. The molecule has 0 radical (unpaired) electrons. The quantitative estimate of drug-likeness (QED) is 0.360. The van der Waals surface area contributed by atoms with E-state index in [-0.39, 0.29) is 17.2 Å². The van der Waals surface area contributed by atoms with Gasteiger partial charge in [0, 0.05) is 18.2 Å². The molecule has 0 bridgehead atoms. The SMILES string of the molecule is Cc1cccc(C#Cc2ccc(S(=O)(=O)N[C@H](CC(=O)OCc3ccccc3)CN(C)C)s2)c1. The molecule has 0 spiro atoms. The van der Waals surface area contributed by atoms with Crippen molar-refractivity contribution >= 4 is 27.3 Å². The zero-order chi connectivity index (χ0) is 24.6. The molecule has 0 unspecified atom stereocenters. The number of hydrogen-bond donors (Lipinski definition) is 1. The molecule has 0 aliphatic rings. The van der Waals surface area contributed by atoms with Crippen LogP contribution in [0.2, 0.25) is 0 Å². The summed E-state index contributed by atoms with van der Waals surface area (Å²) in [6, 6.07) is 19.8. The van der Waals surface area contributed by atoms with Crippen LogP contribution < -0.4 is 4.72 Å². The summed E-state index contributed by atoms with van der Waals surface area (Å²) in [6.07, 6.45) is -0.0738. The van der Waals surface area contributed by atoms with Crippen molar-refractivity contribution in [2.45, 2.75) is 30.2 Å². The van der Waals surface area contributed by atoms with Gasteiger partial charge in [0.25, 0.3) is 0 Å². The number of hydrogen-bond acceptors (Lipinski definition) is 6. The Morgan fingerprint density at radius 2 is 1.82 bits per heavy atom. The van der Waals surface area contributed by atoms with Crippen molar-refractivity contribution in [2.75, 3.05) is 20.6 Å². The molecule has 3 rings (SSSR count). The van der Waals surface area contributed by atoms with Crippen LogP contribution in [0.25, 0.3) is 0 Å². The van der Waals surface area contributed by atoms with Crippen molar-refractivity contribution in [3.8, 4) is 11.8 Å². The Kier molecular flexibility index (Phi) is 9.02. The minimum atomic E-state index is -3.82. The van der Waals surface area contributed by atoms with Crippen LogP contribution in [0, 0.1) is 18.8 Å². The molecule has 3 aromatic rings. The van der Waals surface area contributed by atoms with Crippen molar-refractivity contribution < 1.29 is 17.9 Å².